The van der Waals surface area contributed by atoms with Crippen molar-refractivity contribution in [1.29, 1.82) is 0 Å². The zero-order valence-corrected chi connectivity index (χ0v) is 39.5. The summed E-state index contributed by atoms with van der Waals surface area (Å²) >= 11 is 0. The van der Waals surface area contributed by atoms with Gasteiger partial charge in [-0.2, -0.15) is 0 Å². The Bertz CT molecular complexity index is 1840. The standard InChI is InChI=1S/C51H74O16/c1-27-21-35(63-42(29(27)3)25-44-48(61-26-31-7-11-33(59-5)12-8-31)30(4)49-43(65-44)24-38(55)40(66-49)19-20-52)14-17-39-28(2)22-34(62-39)13-9-32(53)10-16-37(54)50-46(57)47(58)51-41(67-50)18-15-36(64-51)23-45(56)60-6/h7-8,10-12,16,27,30,34-44,46-52,54-55,57-58H,2-3,9,13-15,17-26H2,1,4-6H3/b16-10+/t27-,30-,34+,35+,36-,37+,38-,39+,40-,41+,42-,43+,44+,46+,47-,48-,49+,50+,51+/m1/s1. The van der Waals surface area contributed by atoms with Gasteiger partial charge < -0.3 is 68.2 Å². The van der Waals surface area contributed by atoms with E-state index in [0.717, 1.165) is 35.3 Å². The summed E-state index contributed by atoms with van der Waals surface area (Å²) in [6.07, 6.45) is -2.23. The fraction of sp³-hybridized carbons (Fsp3) is 0.725. The van der Waals surface area contributed by atoms with Gasteiger partial charge in [-0.05, 0) is 98.3 Å². The Kier molecular flexibility index (Phi) is 18.3. The third kappa shape index (κ3) is 12.8. The first-order valence-electron chi connectivity index (χ1n) is 24.3. The molecule has 6 fully saturated rings. The van der Waals surface area contributed by atoms with Gasteiger partial charge in [0.2, 0.25) is 0 Å². The Morgan fingerprint density at radius 1 is 0.821 bits per heavy atom. The van der Waals surface area contributed by atoms with E-state index in [0.29, 0.717) is 58.0 Å². The maximum atomic E-state index is 13.0. The van der Waals surface area contributed by atoms with Crippen molar-refractivity contribution in [2.75, 3.05) is 20.8 Å². The van der Waals surface area contributed by atoms with Gasteiger partial charge in [0.15, 0.2) is 5.78 Å². The molecule has 67 heavy (non-hydrogen) atoms. The molecule has 6 aliphatic heterocycles. The molecule has 0 bridgehead atoms. The van der Waals surface area contributed by atoms with Gasteiger partial charge in [-0.3, -0.25) is 9.59 Å². The number of esters is 1. The molecule has 6 heterocycles. The van der Waals surface area contributed by atoms with Crippen LogP contribution in [0.25, 0.3) is 0 Å². The Balaban J connectivity index is 0.885. The fourth-order valence-corrected chi connectivity index (χ4v) is 10.9. The van der Waals surface area contributed by atoms with Gasteiger partial charge in [-0.25, -0.2) is 0 Å². The third-order valence-electron chi connectivity index (χ3n) is 14.9. The van der Waals surface area contributed by atoms with Crippen LogP contribution in [0.5, 0.6) is 5.75 Å². The number of ether oxygens (including phenoxy) is 9. The summed E-state index contributed by atoms with van der Waals surface area (Å²) in [5, 5.41) is 53.1. The molecule has 0 spiro atoms. The third-order valence-corrected chi connectivity index (χ3v) is 14.9. The number of allylic oxidation sites excluding steroid dienone is 1. The van der Waals surface area contributed by atoms with Crippen LogP contribution in [-0.2, 0) is 54.1 Å². The Labute approximate surface area is 394 Å². The van der Waals surface area contributed by atoms with Gasteiger partial charge in [0.1, 0.15) is 36.3 Å². The SMILES string of the molecule is C=C1C[C@H](CCC(=O)/C=C/[C@H](O)[C@@H]2O[C@H]3CC[C@H](CC(=O)OC)O[C@@H]3[C@H](O)[C@@H]2O)O[C@H]1CC[C@H]1C[C@@H](C)C(=C)[C@@H](C[C@@H]2O[C@H]3C[C@@H](O)[C@@H](CCO)O[C@H]3[C@H](C)[C@H]2OCc2ccc(OC)cc2)O1. The Hall–Kier alpha value is -3.10. The van der Waals surface area contributed by atoms with E-state index in [2.05, 4.69) is 27.0 Å². The van der Waals surface area contributed by atoms with Gasteiger partial charge in [0.05, 0.1) is 100 Å². The fourth-order valence-electron chi connectivity index (χ4n) is 10.9. The van der Waals surface area contributed by atoms with Crippen molar-refractivity contribution in [3.05, 3.63) is 66.3 Å². The molecule has 7 rings (SSSR count). The van der Waals surface area contributed by atoms with Crippen LogP contribution in [0.1, 0.15) is 96.5 Å². The van der Waals surface area contributed by atoms with E-state index in [9.17, 15) is 35.1 Å². The van der Waals surface area contributed by atoms with E-state index in [1.54, 1.807) is 7.11 Å². The van der Waals surface area contributed by atoms with Crippen LogP contribution >= 0.6 is 0 Å². The predicted molar refractivity (Wildman–Crippen MR) is 243 cm³/mol. The monoisotopic (exact) mass is 942 g/mol. The van der Waals surface area contributed by atoms with Crippen molar-refractivity contribution >= 4 is 11.8 Å². The van der Waals surface area contributed by atoms with E-state index in [4.69, 9.17) is 42.6 Å². The normalized spacial score (nSPS) is 39.4. The Morgan fingerprint density at radius 3 is 2.31 bits per heavy atom. The second-order valence-electron chi connectivity index (χ2n) is 19.6. The van der Waals surface area contributed by atoms with Crippen molar-refractivity contribution in [3.8, 4) is 5.75 Å². The highest BCUT2D eigenvalue weighted by Crippen LogP contribution is 2.42. The largest absolute Gasteiger partial charge is 0.497 e. The highest BCUT2D eigenvalue weighted by atomic mass is 16.6. The van der Waals surface area contributed by atoms with Crippen molar-refractivity contribution in [2.45, 2.75) is 201 Å². The molecule has 0 radical (unpaired) electrons. The molecule has 19 atom stereocenters. The number of aliphatic hydroxyl groups is 5. The molecule has 5 N–H and O–H groups in total. The van der Waals surface area contributed by atoms with Crippen molar-refractivity contribution < 1.29 is 77.8 Å². The molecular formula is C51H74O16. The van der Waals surface area contributed by atoms with E-state index in [1.807, 2.05) is 24.3 Å². The van der Waals surface area contributed by atoms with Crippen molar-refractivity contribution in [3.63, 3.8) is 0 Å². The number of ketones is 1. The molecular weight excluding hydrogens is 869 g/mol. The van der Waals surface area contributed by atoms with Crippen LogP contribution in [-0.4, -0.2) is 162 Å². The lowest BCUT2D eigenvalue weighted by Crippen LogP contribution is -2.63. The molecule has 374 valence electrons. The lowest BCUT2D eigenvalue weighted by molar-refractivity contribution is -0.277. The van der Waals surface area contributed by atoms with E-state index >= 15 is 0 Å². The number of carbonyl (C=O) groups excluding carboxylic acids is 2. The average molecular weight is 943 g/mol. The number of methoxy groups -OCH3 is 2. The molecule has 0 saturated carbocycles. The molecule has 16 nitrogen and oxygen atoms in total. The van der Waals surface area contributed by atoms with Crippen molar-refractivity contribution in [2.24, 2.45) is 11.8 Å². The molecule has 6 saturated heterocycles. The zero-order chi connectivity index (χ0) is 47.9. The van der Waals surface area contributed by atoms with Gasteiger partial charge in [0.25, 0.3) is 0 Å². The topological polar surface area (TPSA) is 218 Å². The number of aliphatic hydroxyl groups excluding tert-OH is 5. The summed E-state index contributed by atoms with van der Waals surface area (Å²) in [7, 11) is 2.92. The predicted octanol–water partition coefficient (Wildman–Crippen LogP) is 3.98. The minimum atomic E-state index is -1.48. The van der Waals surface area contributed by atoms with Gasteiger partial charge in [0, 0.05) is 31.8 Å². The smallest absolute Gasteiger partial charge is 0.308 e. The zero-order valence-electron chi connectivity index (χ0n) is 39.5. The number of hydrogen-bond acceptors (Lipinski definition) is 16. The second kappa shape index (κ2) is 23.7. The molecule has 16 heteroatoms. The average Bonchev–Trinajstić information content (AvgIpc) is 3.68. The first-order chi connectivity index (χ1) is 32.1. The van der Waals surface area contributed by atoms with Crippen LogP contribution in [0.2, 0.25) is 0 Å². The number of fused-ring (bicyclic) bond motifs is 2. The van der Waals surface area contributed by atoms with E-state index < -0.39 is 60.9 Å². The summed E-state index contributed by atoms with van der Waals surface area (Å²) in [6, 6.07) is 7.77. The van der Waals surface area contributed by atoms with Crippen LogP contribution < -0.4 is 4.74 Å². The first-order valence-corrected chi connectivity index (χ1v) is 24.3. The molecule has 0 aromatic heterocycles. The quantitative estimate of drug-likeness (QED) is 0.0753. The summed E-state index contributed by atoms with van der Waals surface area (Å²) in [5.41, 5.74) is 2.98. The van der Waals surface area contributed by atoms with Gasteiger partial charge >= 0.3 is 5.97 Å². The number of benzene rings is 1. The second-order valence-corrected chi connectivity index (χ2v) is 19.6. The van der Waals surface area contributed by atoms with Crippen LogP contribution in [0.15, 0.2) is 60.7 Å². The van der Waals surface area contributed by atoms with Crippen LogP contribution in [0.3, 0.4) is 0 Å². The number of carbonyl (C=O) groups is 2. The molecule has 0 amide bonds. The van der Waals surface area contributed by atoms with E-state index in [-0.39, 0.29) is 85.9 Å². The summed E-state index contributed by atoms with van der Waals surface area (Å²) < 4.78 is 55.0. The molecule has 0 unspecified atom stereocenters. The minimum absolute atomic E-state index is 0.0235. The highest BCUT2D eigenvalue weighted by Gasteiger charge is 2.52. The highest BCUT2D eigenvalue weighted by molar-refractivity contribution is 5.89. The summed E-state index contributed by atoms with van der Waals surface area (Å²) in [6.45, 7) is 13.4. The summed E-state index contributed by atoms with van der Waals surface area (Å²) in [4.78, 5) is 24.7. The molecule has 6 aliphatic rings. The molecule has 1 aromatic carbocycles. The lowest BCUT2D eigenvalue weighted by Gasteiger charge is -2.51. The van der Waals surface area contributed by atoms with E-state index in [1.165, 1.54) is 19.3 Å². The molecule has 0 aliphatic carbocycles. The van der Waals surface area contributed by atoms with Crippen molar-refractivity contribution in [1.82, 2.24) is 0 Å². The van der Waals surface area contributed by atoms with Crippen LogP contribution in [0.4, 0.5) is 0 Å². The maximum Gasteiger partial charge on any atom is 0.308 e. The number of rotatable bonds is 19. The number of hydrogen-bond donors (Lipinski definition) is 5. The van der Waals surface area contributed by atoms with Crippen LogP contribution in [0, 0.1) is 11.8 Å². The summed E-state index contributed by atoms with van der Waals surface area (Å²) in [5.74, 6) is 0.239. The maximum absolute atomic E-state index is 13.0. The Morgan fingerprint density at radius 2 is 1.58 bits per heavy atom. The van der Waals surface area contributed by atoms with Gasteiger partial charge in [-0.15, -0.1) is 0 Å². The van der Waals surface area contributed by atoms with Gasteiger partial charge in [-0.1, -0.05) is 39.1 Å². The minimum Gasteiger partial charge on any atom is -0.497 e. The first kappa shape index (κ1) is 51.7. The lowest BCUT2D eigenvalue weighted by atomic mass is 9.79. The molecule has 1 aromatic rings.